The van der Waals surface area contributed by atoms with Crippen molar-refractivity contribution in [1.82, 2.24) is 5.32 Å². The summed E-state index contributed by atoms with van der Waals surface area (Å²) in [5.74, 6) is 0.868. The number of ether oxygens (including phenoxy) is 1. The molecular weight excluding hydrogens is 186 g/mol. The average Bonchev–Trinajstić information content (AvgIpc) is 2.98. The van der Waals surface area contributed by atoms with Gasteiger partial charge in [-0.05, 0) is 38.5 Å². The van der Waals surface area contributed by atoms with Crippen LogP contribution in [0.5, 0.6) is 0 Å². The fourth-order valence-corrected chi connectivity index (χ4v) is 2.50. The Balaban J connectivity index is 1.61. The molecule has 3 atom stereocenters. The molecule has 0 heterocycles. The van der Waals surface area contributed by atoms with E-state index in [1.54, 1.807) is 0 Å². The zero-order valence-corrected chi connectivity index (χ0v) is 10.2. The molecule has 0 aromatic heterocycles. The first kappa shape index (κ1) is 11.4. The summed E-state index contributed by atoms with van der Waals surface area (Å²) < 4.78 is 6.08. The van der Waals surface area contributed by atoms with Crippen molar-refractivity contribution in [2.75, 3.05) is 6.54 Å². The number of rotatable bonds is 5. The first-order chi connectivity index (χ1) is 7.24. The van der Waals surface area contributed by atoms with Crippen LogP contribution in [-0.4, -0.2) is 24.8 Å². The Hall–Kier alpha value is -0.0800. The first-order valence-corrected chi connectivity index (χ1v) is 6.63. The second kappa shape index (κ2) is 5.31. The van der Waals surface area contributed by atoms with Gasteiger partial charge in [-0.15, -0.1) is 0 Å². The van der Waals surface area contributed by atoms with Gasteiger partial charge in [0.05, 0.1) is 12.2 Å². The molecule has 2 saturated carbocycles. The molecule has 2 aliphatic rings. The molecule has 0 spiro atoms. The van der Waals surface area contributed by atoms with Gasteiger partial charge in [-0.25, -0.2) is 0 Å². The predicted molar refractivity (Wildman–Crippen MR) is 63.0 cm³/mol. The van der Waals surface area contributed by atoms with Gasteiger partial charge in [0.15, 0.2) is 0 Å². The smallest absolute Gasteiger partial charge is 0.0675 e. The highest BCUT2D eigenvalue weighted by Crippen LogP contribution is 2.26. The molecule has 2 aliphatic carbocycles. The number of hydrogen-bond acceptors (Lipinski definition) is 2. The minimum absolute atomic E-state index is 0.390. The predicted octanol–water partition coefficient (Wildman–Crippen LogP) is 2.72. The maximum absolute atomic E-state index is 6.08. The third-order valence-electron chi connectivity index (χ3n) is 3.58. The van der Waals surface area contributed by atoms with Gasteiger partial charge in [-0.2, -0.15) is 0 Å². The van der Waals surface area contributed by atoms with E-state index in [0.717, 1.165) is 18.5 Å². The second-order valence-electron chi connectivity index (χ2n) is 5.52. The first-order valence-electron chi connectivity index (χ1n) is 6.63. The van der Waals surface area contributed by atoms with E-state index in [-0.39, 0.29) is 0 Å². The van der Waals surface area contributed by atoms with Crippen molar-refractivity contribution in [3.63, 3.8) is 0 Å². The van der Waals surface area contributed by atoms with Crippen LogP contribution in [0.2, 0.25) is 0 Å². The Kier molecular flexibility index (Phi) is 4.04. The van der Waals surface area contributed by atoms with Gasteiger partial charge in [0.2, 0.25) is 0 Å². The summed E-state index contributed by atoms with van der Waals surface area (Å²) in [5, 5.41) is 3.53. The van der Waals surface area contributed by atoms with Crippen LogP contribution in [0.15, 0.2) is 0 Å². The van der Waals surface area contributed by atoms with Crippen LogP contribution in [0.4, 0.5) is 0 Å². The third kappa shape index (κ3) is 4.12. The lowest BCUT2D eigenvalue weighted by Crippen LogP contribution is -2.33. The van der Waals surface area contributed by atoms with Gasteiger partial charge in [0, 0.05) is 12.6 Å². The molecule has 0 aliphatic heterocycles. The van der Waals surface area contributed by atoms with E-state index < -0.39 is 0 Å². The minimum Gasteiger partial charge on any atom is -0.374 e. The zero-order valence-electron chi connectivity index (χ0n) is 10.2. The molecule has 0 radical (unpaired) electrons. The summed E-state index contributed by atoms with van der Waals surface area (Å²) in [5.41, 5.74) is 0. The third-order valence-corrected chi connectivity index (χ3v) is 3.58. The molecular formula is C13H25NO. The SMILES string of the molecule is CC1CCCC(OC(C)CNC2CC2)C1. The molecule has 0 bridgehead atoms. The van der Waals surface area contributed by atoms with Crippen molar-refractivity contribution in [3.8, 4) is 0 Å². The van der Waals surface area contributed by atoms with E-state index in [2.05, 4.69) is 19.2 Å². The summed E-state index contributed by atoms with van der Waals surface area (Å²) >= 11 is 0. The van der Waals surface area contributed by atoms with Crippen molar-refractivity contribution in [3.05, 3.63) is 0 Å². The molecule has 2 fully saturated rings. The van der Waals surface area contributed by atoms with Crippen molar-refractivity contribution in [2.24, 2.45) is 5.92 Å². The maximum Gasteiger partial charge on any atom is 0.0675 e. The van der Waals surface area contributed by atoms with Gasteiger partial charge < -0.3 is 10.1 Å². The average molecular weight is 211 g/mol. The van der Waals surface area contributed by atoms with E-state index in [9.17, 15) is 0 Å². The zero-order chi connectivity index (χ0) is 10.7. The minimum atomic E-state index is 0.390. The summed E-state index contributed by atoms with van der Waals surface area (Å²) in [7, 11) is 0. The molecule has 0 saturated heterocycles. The standard InChI is InChI=1S/C13H25NO/c1-10-4-3-5-13(8-10)15-11(2)9-14-12-6-7-12/h10-14H,3-9H2,1-2H3. The molecule has 0 aromatic rings. The Morgan fingerprint density at radius 2 is 2.07 bits per heavy atom. The maximum atomic E-state index is 6.08. The van der Waals surface area contributed by atoms with Gasteiger partial charge in [-0.3, -0.25) is 0 Å². The lowest BCUT2D eigenvalue weighted by molar-refractivity contribution is -0.0293. The second-order valence-corrected chi connectivity index (χ2v) is 5.52. The lowest BCUT2D eigenvalue weighted by atomic mass is 9.88. The molecule has 0 aromatic carbocycles. The highest BCUT2D eigenvalue weighted by molar-refractivity contribution is 4.81. The highest BCUT2D eigenvalue weighted by atomic mass is 16.5. The fraction of sp³-hybridized carbons (Fsp3) is 1.00. The summed E-state index contributed by atoms with van der Waals surface area (Å²) in [6.45, 7) is 5.59. The topological polar surface area (TPSA) is 21.3 Å². The van der Waals surface area contributed by atoms with E-state index in [4.69, 9.17) is 4.74 Å². The monoisotopic (exact) mass is 211 g/mol. The van der Waals surface area contributed by atoms with Crippen LogP contribution in [0.3, 0.4) is 0 Å². The molecule has 15 heavy (non-hydrogen) atoms. The Morgan fingerprint density at radius 1 is 1.27 bits per heavy atom. The van der Waals surface area contributed by atoms with E-state index >= 15 is 0 Å². The van der Waals surface area contributed by atoms with Gasteiger partial charge >= 0.3 is 0 Å². The van der Waals surface area contributed by atoms with E-state index in [1.165, 1.54) is 38.5 Å². The van der Waals surface area contributed by atoms with Gasteiger partial charge in [0.1, 0.15) is 0 Å². The van der Waals surface area contributed by atoms with Gasteiger partial charge in [0.25, 0.3) is 0 Å². The summed E-state index contributed by atoms with van der Waals surface area (Å²) in [6, 6.07) is 0.807. The van der Waals surface area contributed by atoms with Crippen molar-refractivity contribution >= 4 is 0 Å². The van der Waals surface area contributed by atoms with E-state index in [1.807, 2.05) is 0 Å². The van der Waals surface area contributed by atoms with Crippen molar-refractivity contribution < 1.29 is 4.74 Å². The Bertz CT molecular complexity index is 191. The molecule has 2 heteroatoms. The molecule has 1 N–H and O–H groups in total. The molecule has 0 amide bonds. The summed E-state index contributed by atoms with van der Waals surface area (Å²) in [4.78, 5) is 0. The lowest BCUT2D eigenvalue weighted by Gasteiger charge is -2.29. The van der Waals surface area contributed by atoms with Crippen LogP contribution in [0.1, 0.15) is 52.4 Å². The number of nitrogens with one attached hydrogen (secondary N) is 1. The normalized spacial score (nSPS) is 34.0. The largest absolute Gasteiger partial charge is 0.374 e. The van der Waals surface area contributed by atoms with Crippen LogP contribution < -0.4 is 5.32 Å². The quantitative estimate of drug-likeness (QED) is 0.755. The van der Waals surface area contributed by atoms with Gasteiger partial charge in [-0.1, -0.05) is 19.8 Å². The highest BCUT2D eigenvalue weighted by Gasteiger charge is 2.23. The van der Waals surface area contributed by atoms with Crippen LogP contribution in [0.25, 0.3) is 0 Å². The van der Waals surface area contributed by atoms with Crippen molar-refractivity contribution in [2.45, 2.75) is 70.6 Å². The molecule has 2 nitrogen and oxygen atoms in total. The fourth-order valence-electron chi connectivity index (χ4n) is 2.50. The Labute approximate surface area is 93.8 Å². The number of hydrogen-bond donors (Lipinski definition) is 1. The van der Waals surface area contributed by atoms with Crippen LogP contribution in [-0.2, 0) is 4.74 Å². The van der Waals surface area contributed by atoms with E-state index in [0.29, 0.717) is 12.2 Å². The Morgan fingerprint density at radius 3 is 2.73 bits per heavy atom. The molecule has 3 unspecified atom stereocenters. The summed E-state index contributed by atoms with van der Waals surface area (Å²) in [6.07, 6.45) is 8.96. The molecule has 88 valence electrons. The van der Waals surface area contributed by atoms with Crippen LogP contribution in [0, 0.1) is 5.92 Å². The molecule has 2 rings (SSSR count). The van der Waals surface area contributed by atoms with Crippen molar-refractivity contribution in [1.29, 1.82) is 0 Å². The van der Waals surface area contributed by atoms with Crippen LogP contribution >= 0.6 is 0 Å².